The molecule has 1 fully saturated rings. The topological polar surface area (TPSA) is 95.0 Å². The number of aliphatic carboxylic acids is 1. The number of amides is 1. The van der Waals surface area contributed by atoms with Gasteiger partial charge < -0.3 is 25.0 Å². The number of halogens is 2. The largest absolute Gasteiger partial charge is 0.496 e. The Morgan fingerprint density at radius 2 is 1.80 bits per heavy atom. The number of nitrogens with zero attached hydrogens (tertiary/aromatic N) is 3. The summed E-state index contributed by atoms with van der Waals surface area (Å²) >= 11 is 1.38. The van der Waals surface area contributed by atoms with Crippen LogP contribution in [0.15, 0.2) is 35.7 Å². The first-order chi connectivity index (χ1) is 19.6. The lowest BCUT2D eigenvalue weighted by Crippen LogP contribution is -2.43. The second-order valence-electron chi connectivity index (χ2n) is 11.1. The van der Waals surface area contributed by atoms with Crippen LogP contribution >= 0.6 is 11.3 Å². The maximum atomic E-state index is 13.8. The van der Waals surface area contributed by atoms with Gasteiger partial charge in [-0.1, -0.05) is 0 Å². The van der Waals surface area contributed by atoms with Crippen molar-refractivity contribution in [3.63, 3.8) is 0 Å². The van der Waals surface area contributed by atoms with Crippen LogP contribution in [-0.2, 0) is 29.0 Å². The number of hydrogen-bond acceptors (Lipinski definition) is 7. The van der Waals surface area contributed by atoms with Crippen molar-refractivity contribution >= 4 is 28.9 Å². The van der Waals surface area contributed by atoms with E-state index in [-0.39, 0.29) is 19.4 Å². The van der Waals surface area contributed by atoms with Crippen LogP contribution in [0.25, 0.3) is 11.3 Å². The quantitative estimate of drug-likeness (QED) is 0.382. The summed E-state index contributed by atoms with van der Waals surface area (Å²) in [5.41, 5.74) is 2.24. The minimum atomic E-state index is -1.32. The van der Waals surface area contributed by atoms with Crippen molar-refractivity contribution in [1.82, 2.24) is 15.2 Å². The number of carboxylic acid groups (broad SMARTS) is 1. The zero-order valence-corrected chi connectivity index (χ0v) is 24.2. The van der Waals surface area contributed by atoms with E-state index in [0.717, 1.165) is 49.3 Å². The maximum Gasteiger partial charge on any atom is 0.304 e. The third-order valence-electron chi connectivity index (χ3n) is 8.24. The molecular weight excluding hydrogens is 550 g/mol. The van der Waals surface area contributed by atoms with Crippen molar-refractivity contribution in [3.05, 3.63) is 63.5 Å². The highest BCUT2D eigenvalue weighted by molar-refractivity contribution is 7.09. The molecule has 3 aromatic rings. The Bertz CT molecular complexity index is 1420. The maximum absolute atomic E-state index is 13.8. The van der Waals surface area contributed by atoms with E-state index < -0.39 is 35.3 Å². The molecule has 1 aromatic heterocycles. The Morgan fingerprint density at radius 1 is 1.15 bits per heavy atom. The molecule has 0 atom stereocenters. The number of anilines is 1. The first kappa shape index (κ1) is 28.9. The molecule has 0 bridgehead atoms. The minimum Gasteiger partial charge on any atom is -0.496 e. The van der Waals surface area contributed by atoms with Crippen LogP contribution in [-0.4, -0.2) is 67.2 Å². The summed E-state index contributed by atoms with van der Waals surface area (Å²) in [6.07, 6.45) is 1.81. The van der Waals surface area contributed by atoms with Crippen LogP contribution in [0.1, 0.15) is 35.4 Å². The van der Waals surface area contributed by atoms with Crippen molar-refractivity contribution in [2.45, 2.75) is 44.7 Å². The number of aromatic nitrogens is 1. The second kappa shape index (κ2) is 11.7. The van der Waals surface area contributed by atoms with Gasteiger partial charge >= 0.3 is 5.97 Å². The molecule has 5 rings (SSSR count). The Hall–Kier alpha value is -3.57. The van der Waals surface area contributed by atoms with E-state index in [4.69, 9.17) is 9.72 Å². The van der Waals surface area contributed by atoms with Crippen LogP contribution in [0, 0.1) is 17.0 Å². The molecule has 2 aliphatic rings. The lowest BCUT2D eigenvalue weighted by Gasteiger charge is -2.36. The van der Waals surface area contributed by atoms with Gasteiger partial charge in [-0.25, -0.2) is 13.8 Å². The Balaban J connectivity index is 1.27. The van der Waals surface area contributed by atoms with Gasteiger partial charge in [-0.05, 0) is 75.2 Å². The smallest absolute Gasteiger partial charge is 0.304 e. The fourth-order valence-corrected chi connectivity index (χ4v) is 6.73. The summed E-state index contributed by atoms with van der Waals surface area (Å²) < 4.78 is 33.3. The first-order valence-corrected chi connectivity index (χ1v) is 14.5. The highest BCUT2D eigenvalue weighted by Gasteiger charge is 2.46. The number of methoxy groups -OCH3 is 1. The van der Waals surface area contributed by atoms with Gasteiger partial charge in [-0.3, -0.25) is 9.59 Å². The number of carboxylic acids is 1. The Kier molecular flexibility index (Phi) is 8.28. The molecule has 0 radical (unpaired) electrons. The predicted octanol–water partition coefficient (Wildman–Crippen LogP) is 4.50. The monoisotopic (exact) mass is 584 g/mol. The second-order valence-corrected chi connectivity index (χ2v) is 12.1. The molecule has 2 heterocycles. The number of thiazole rings is 1. The summed E-state index contributed by atoms with van der Waals surface area (Å²) in [5, 5.41) is 14.9. The standard InChI is InChI=1S/C30H34F2N4O4S/c1-35(2)20-6-8-36(9-7-20)21-4-5-22(26(12-21)40-3)25-17-41-27(34-25)16-33-29(39)30(15-28(37)38)13-18-10-23(31)24(32)11-19(18)14-30/h4-5,10-12,17,20H,6-9,13-16H2,1-3H3,(H,33,39)(H,37,38). The molecule has 1 amide bonds. The fourth-order valence-electron chi connectivity index (χ4n) is 5.99. The van der Waals surface area contributed by atoms with Crippen LogP contribution in [0.4, 0.5) is 14.5 Å². The summed E-state index contributed by atoms with van der Waals surface area (Å²) in [6, 6.07) is 8.81. The number of carbonyl (C=O) groups excluding carboxylic acids is 1. The van der Waals surface area contributed by atoms with Crippen molar-refractivity contribution in [2.24, 2.45) is 5.41 Å². The third kappa shape index (κ3) is 6.06. The fraction of sp³-hybridized carbons (Fsp3) is 0.433. The van der Waals surface area contributed by atoms with Gasteiger partial charge in [-0.2, -0.15) is 0 Å². The summed E-state index contributed by atoms with van der Waals surface area (Å²) in [7, 11) is 5.88. The molecule has 41 heavy (non-hydrogen) atoms. The first-order valence-electron chi connectivity index (χ1n) is 13.6. The predicted molar refractivity (Wildman–Crippen MR) is 153 cm³/mol. The van der Waals surface area contributed by atoms with Crippen LogP contribution in [0.5, 0.6) is 5.75 Å². The lowest BCUT2D eigenvalue weighted by molar-refractivity contribution is -0.145. The Labute approximate surface area is 241 Å². The SMILES string of the molecule is COc1cc(N2CCC(N(C)C)CC2)ccc1-c1csc(CNC(=O)C2(CC(=O)O)Cc3cc(F)c(F)cc3C2)n1. The molecule has 8 nitrogen and oxygen atoms in total. The molecule has 11 heteroatoms. The van der Waals surface area contributed by atoms with Crippen LogP contribution in [0.2, 0.25) is 0 Å². The van der Waals surface area contributed by atoms with Gasteiger partial charge in [0.1, 0.15) is 10.8 Å². The van der Waals surface area contributed by atoms with E-state index in [1.54, 1.807) is 7.11 Å². The number of hydrogen-bond donors (Lipinski definition) is 2. The van der Waals surface area contributed by atoms with E-state index in [0.29, 0.717) is 33.6 Å². The number of fused-ring (bicyclic) bond motifs is 1. The molecule has 218 valence electrons. The van der Waals surface area contributed by atoms with E-state index in [1.165, 1.54) is 11.3 Å². The third-order valence-corrected chi connectivity index (χ3v) is 9.09. The van der Waals surface area contributed by atoms with Gasteiger partial charge in [-0.15, -0.1) is 11.3 Å². The lowest BCUT2D eigenvalue weighted by atomic mass is 9.80. The van der Waals surface area contributed by atoms with Gasteiger partial charge in [0.2, 0.25) is 5.91 Å². The number of nitrogens with one attached hydrogen (secondary N) is 1. The average Bonchev–Trinajstić information content (AvgIpc) is 3.56. The van der Waals surface area contributed by atoms with Gasteiger partial charge in [0.05, 0.1) is 31.2 Å². The summed E-state index contributed by atoms with van der Waals surface area (Å²) in [4.78, 5) is 34.3. The van der Waals surface area contributed by atoms with Crippen molar-refractivity contribution in [2.75, 3.05) is 39.2 Å². The van der Waals surface area contributed by atoms with Crippen molar-refractivity contribution in [3.8, 4) is 17.0 Å². The van der Waals surface area contributed by atoms with Crippen molar-refractivity contribution < 1.29 is 28.2 Å². The molecule has 1 saturated heterocycles. The molecule has 2 N–H and O–H groups in total. The molecule has 2 aromatic carbocycles. The number of carbonyl (C=O) groups is 2. The van der Waals surface area contributed by atoms with E-state index in [9.17, 15) is 23.5 Å². The number of piperidine rings is 1. The molecule has 0 spiro atoms. The highest BCUT2D eigenvalue weighted by Crippen LogP contribution is 2.41. The zero-order valence-electron chi connectivity index (χ0n) is 23.4. The van der Waals surface area contributed by atoms with Gasteiger partial charge in [0.15, 0.2) is 11.6 Å². The minimum absolute atomic E-state index is 0.0250. The van der Waals surface area contributed by atoms with Crippen LogP contribution in [0.3, 0.4) is 0 Å². The average molecular weight is 585 g/mol. The molecule has 1 aliphatic carbocycles. The molecule has 0 unspecified atom stereocenters. The van der Waals surface area contributed by atoms with Crippen molar-refractivity contribution in [1.29, 1.82) is 0 Å². The highest BCUT2D eigenvalue weighted by atomic mass is 32.1. The molecule has 0 saturated carbocycles. The van der Waals surface area contributed by atoms with E-state index >= 15 is 0 Å². The number of ether oxygens (including phenoxy) is 1. The van der Waals surface area contributed by atoms with E-state index in [2.05, 4.69) is 35.3 Å². The normalized spacial score (nSPS) is 16.6. The van der Waals surface area contributed by atoms with Crippen LogP contribution < -0.4 is 15.0 Å². The van der Waals surface area contributed by atoms with Gasteiger partial charge in [0.25, 0.3) is 0 Å². The zero-order chi connectivity index (χ0) is 29.3. The Morgan fingerprint density at radius 3 is 2.39 bits per heavy atom. The van der Waals surface area contributed by atoms with Gasteiger partial charge in [0, 0.05) is 41.8 Å². The summed E-state index contributed by atoms with van der Waals surface area (Å²) in [6.45, 7) is 2.06. The van der Waals surface area contributed by atoms with E-state index in [1.807, 2.05) is 17.5 Å². The summed E-state index contributed by atoms with van der Waals surface area (Å²) in [5.74, 6) is -2.94. The molecule has 1 aliphatic heterocycles. The number of benzene rings is 2. The number of rotatable bonds is 9. The molecular formula is C30H34F2N4O4S.